The van der Waals surface area contributed by atoms with E-state index in [-0.39, 0.29) is 48.2 Å². The smallest absolute Gasteiger partial charge is 0.320 e. The van der Waals surface area contributed by atoms with Crippen molar-refractivity contribution in [3.05, 3.63) is 0 Å². The van der Waals surface area contributed by atoms with E-state index < -0.39 is 23.8 Å². The number of ether oxygens (including phenoxy) is 4. The number of esters is 3. The third-order valence-corrected chi connectivity index (χ3v) is 6.05. The summed E-state index contributed by atoms with van der Waals surface area (Å²) in [6.45, 7) is 0. The molecule has 26 heavy (non-hydrogen) atoms. The van der Waals surface area contributed by atoms with Crippen LogP contribution in [0.2, 0.25) is 0 Å². The normalized spacial score (nSPS) is 44.3. The van der Waals surface area contributed by atoms with Gasteiger partial charge in [0, 0.05) is 0 Å². The molecular formula is C17H20O9. The molecule has 0 aliphatic carbocycles. The van der Waals surface area contributed by atoms with Gasteiger partial charge in [0.05, 0.1) is 55.2 Å². The zero-order valence-corrected chi connectivity index (χ0v) is 14.2. The van der Waals surface area contributed by atoms with Gasteiger partial charge in [-0.2, -0.15) is 0 Å². The van der Waals surface area contributed by atoms with Crippen LogP contribution in [0.5, 0.6) is 0 Å². The maximum absolute atomic E-state index is 11.4. The molecule has 9 nitrogen and oxygen atoms in total. The number of carbonyl (C=O) groups excluding carboxylic acids is 3. The van der Waals surface area contributed by atoms with E-state index in [4.69, 9.17) is 14.6 Å². The lowest BCUT2D eigenvalue weighted by atomic mass is 9.79. The van der Waals surface area contributed by atoms with Gasteiger partial charge in [-0.15, -0.1) is 0 Å². The van der Waals surface area contributed by atoms with Crippen LogP contribution in [0.3, 0.4) is 0 Å². The molecule has 9 heteroatoms. The van der Waals surface area contributed by atoms with Crippen molar-refractivity contribution in [2.75, 3.05) is 7.11 Å². The minimum absolute atomic E-state index is 0.0426. The molecule has 0 amide bonds. The first-order chi connectivity index (χ1) is 12.4. The van der Waals surface area contributed by atoms with Crippen molar-refractivity contribution >= 4 is 23.9 Å². The summed E-state index contributed by atoms with van der Waals surface area (Å²) < 4.78 is 20.0. The molecule has 8 atom stereocenters. The van der Waals surface area contributed by atoms with Gasteiger partial charge >= 0.3 is 23.9 Å². The highest BCUT2D eigenvalue weighted by Crippen LogP contribution is 2.47. The summed E-state index contributed by atoms with van der Waals surface area (Å²) >= 11 is 0. The van der Waals surface area contributed by atoms with E-state index in [2.05, 4.69) is 9.47 Å². The topological polar surface area (TPSA) is 125 Å². The number of fused-ring (bicyclic) bond motifs is 7. The SMILES string of the molecule is COC(=O)C1C2CCC(O2)C1C(=O)O.O=C1OC(=O)C2C3CCC(O3)C12. The number of hydrogen-bond acceptors (Lipinski definition) is 8. The van der Waals surface area contributed by atoms with E-state index in [0.29, 0.717) is 0 Å². The number of hydrogen-bond donors (Lipinski definition) is 1. The first-order valence-electron chi connectivity index (χ1n) is 8.79. The van der Waals surface area contributed by atoms with Crippen molar-refractivity contribution < 1.29 is 43.2 Å². The van der Waals surface area contributed by atoms with Crippen LogP contribution in [0.15, 0.2) is 0 Å². The minimum atomic E-state index is -0.965. The molecule has 0 radical (unpaired) electrons. The average Bonchev–Trinajstić information content (AvgIpc) is 3.40. The van der Waals surface area contributed by atoms with Gasteiger partial charge in [0.15, 0.2) is 0 Å². The van der Waals surface area contributed by atoms with Crippen LogP contribution in [0.1, 0.15) is 25.7 Å². The second kappa shape index (κ2) is 6.31. The van der Waals surface area contributed by atoms with Gasteiger partial charge in [-0.05, 0) is 25.7 Å². The summed E-state index contributed by atoms with van der Waals surface area (Å²) in [5.41, 5.74) is 0. The number of cyclic esters (lactones) is 2. The molecule has 0 aromatic carbocycles. The molecule has 4 bridgehead atoms. The largest absolute Gasteiger partial charge is 0.481 e. The Kier molecular flexibility index (Phi) is 4.23. The molecule has 0 spiro atoms. The molecule has 5 aliphatic rings. The van der Waals surface area contributed by atoms with E-state index in [9.17, 15) is 19.2 Å². The minimum Gasteiger partial charge on any atom is -0.481 e. The van der Waals surface area contributed by atoms with Crippen LogP contribution >= 0.6 is 0 Å². The summed E-state index contributed by atoms with van der Waals surface area (Å²) in [5, 5.41) is 8.96. The summed E-state index contributed by atoms with van der Waals surface area (Å²) in [7, 11) is 1.27. The number of carboxylic acids is 1. The van der Waals surface area contributed by atoms with Crippen molar-refractivity contribution in [1.29, 1.82) is 0 Å². The molecule has 5 fully saturated rings. The zero-order chi connectivity index (χ0) is 18.6. The van der Waals surface area contributed by atoms with Gasteiger partial charge < -0.3 is 24.1 Å². The maximum atomic E-state index is 11.4. The van der Waals surface area contributed by atoms with Crippen LogP contribution < -0.4 is 0 Å². The van der Waals surface area contributed by atoms with Gasteiger partial charge in [-0.25, -0.2) is 0 Å². The van der Waals surface area contributed by atoms with Gasteiger partial charge in [-0.3, -0.25) is 19.2 Å². The maximum Gasteiger partial charge on any atom is 0.320 e. The molecule has 8 unspecified atom stereocenters. The Balaban J connectivity index is 0.000000130. The van der Waals surface area contributed by atoms with E-state index in [0.717, 1.165) is 25.7 Å². The van der Waals surface area contributed by atoms with Crippen molar-refractivity contribution in [3.8, 4) is 0 Å². The summed E-state index contributed by atoms with van der Waals surface area (Å²) in [6.07, 6.45) is 2.64. The molecule has 5 saturated heterocycles. The lowest BCUT2D eigenvalue weighted by Gasteiger charge is -2.22. The Morgan fingerprint density at radius 3 is 1.85 bits per heavy atom. The number of methoxy groups -OCH3 is 1. The van der Waals surface area contributed by atoms with Gasteiger partial charge in [-0.1, -0.05) is 0 Å². The summed E-state index contributed by atoms with van der Waals surface area (Å²) in [4.78, 5) is 44.6. The molecule has 1 N–H and O–H groups in total. The Hall–Kier alpha value is -2.00. The number of rotatable bonds is 2. The van der Waals surface area contributed by atoms with Crippen molar-refractivity contribution in [2.45, 2.75) is 50.1 Å². The second-order valence-corrected chi connectivity index (χ2v) is 7.29. The Morgan fingerprint density at radius 2 is 1.35 bits per heavy atom. The average molecular weight is 368 g/mol. The van der Waals surface area contributed by atoms with E-state index in [1.165, 1.54) is 7.11 Å². The standard InChI is InChI=1S/C9H12O5.C8H8O4/c1-13-9(12)7-5-3-2-4(14-5)6(7)8(10)11;9-7-5-3-1-2-4(11-3)6(5)8(10)12-7/h4-7H,2-3H2,1H3,(H,10,11);3-6H,1-2H2. The Bertz CT molecular complexity index is 633. The molecule has 0 aromatic rings. The van der Waals surface area contributed by atoms with Crippen molar-refractivity contribution in [3.63, 3.8) is 0 Å². The highest BCUT2D eigenvalue weighted by molar-refractivity contribution is 5.97. The van der Waals surface area contributed by atoms with E-state index >= 15 is 0 Å². The molecule has 5 rings (SSSR count). The fraction of sp³-hybridized carbons (Fsp3) is 0.765. The predicted octanol–water partition coefficient (Wildman–Crippen LogP) is -0.0990. The summed E-state index contributed by atoms with van der Waals surface area (Å²) in [6, 6.07) is 0. The fourth-order valence-corrected chi connectivity index (χ4v) is 4.94. The molecular weight excluding hydrogens is 348 g/mol. The molecule has 5 heterocycles. The van der Waals surface area contributed by atoms with Crippen LogP contribution in [-0.2, 0) is 38.1 Å². The number of carbonyl (C=O) groups is 4. The quantitative estimate of drug-likeness (QED) is 0.525. The predicted molar refractivity (Wildman–Crippen MR) is 80.5 cm³/mol. The van der Waals surface area contributed by atoms with Crippen LogP contribution in [0.4, 0.5) is 0 Å². The molecule has 142 valence electrons. The fourth-order valence-electron chi connectivity index (χ4n) is 4.94. The summed E-state index contributed by atoms with van der Waals surface area (Å²) in [5.74, 6) is -4.09. The van der Waals surface area contributed by atoms with E-state index in [1.54, 1.807) is 0 Å². The van der Waals surface area contributed by atoms with Crippen LogP contribution in [0.25, 0.3) is 0 Å². The van der Waals surface area contributed by atoms with Crippen LogP contribution in [0, 0.1) is 23.7 Å². The molecule has 0 saturated carbocycles. The third kappa shape index (κ3) is 2.52. The second-order valence-electron chi connectivity index (χ2n) is 7.29. The lowest BCUT2D eigenvalue weighted by Crippen LogP contribution is -2.38. The molecule has 5 aliphatic heterocycles. The zero-order valence-electron chi connectivity index (χ0n) is 14.2. The highest BCUT2D eigenvalue weighted by atomic mass is 16.6. The first kappa shape index (κ1) is 17.4. The van der Waals surface area contributed by atoms with Crippen molar-refractivity contribution in [1.82, 2.24) is 0 Å². The highest BCUT2D eigenvalue weighted by Gasteiger charge is 2.61. The Morgan fingerprint density at radius 1 is 0.885 bits per heavy atom. The monoisotopic (exact) mass is 368 g/mol. The first-order valence-corrected chi connectivity index (χ1v) is 8.79. The van der Waals surface area contributed by atoms with Crippen molar-refractivity contribution in [2.24, 2.45) is 23.7 Å². The third-order valence-electron chi connectivity index (χ3n) is 6.05. The van der Waals surface area contributed by atoms with Gasteiger partial charge in [0.25, 0.3) is 0 Å². The number of carboxylic acid groups (broad SMARTS) is 1. The lowest BCUT2D eigenvalue weighted by molar-refractivity contribution is -0.156. The van der Waals surface area contributed by atoms with E-state index in [1.807, 2.05) is 0 Å². The van der Waals surface area contributed by atoms with Gasteiger partial charge in [0.1, 0.15) is 0 Å². The number of aliphatic carboxylic acids is 1. The van der Waals surface area contributed by atoms with Gasteiger partial charge in [0.2, 0.25) is 0 Å². The van der Waals surface area contributed by atoms with Crippen LogP contribution in [-0.4, -0.2) is 60.5 Å². The Labute approximate surface area is 148 Å². The molecule has 0 aromatic heterocycles.